The number of rotatable bonds is 6. The van der Waals surface area contributed by atoms with Crippen molar-refractivity contribution in [1.82, 2.24) is 10.2 Å². The highest BCUT2D eigenvalue weighted by atomic mass is 32.2. The van der Waals surface area contributed by atoms with Crippen LogP contribution in [0.5, 0.6) is 0 Å². The Kier molecular flexibility index (Phi) is 6.23. The number of hydrogen-bond donors (Lipinski definition) is 3. The first-order valence-corrected chi connectivity index (χ1v) is 12.5. The summed E-state index contributed by atoms with van der Waals surface area (Å²) in [7, 11) is -3.74. The van der Waals surface area contributed by atoms with Crippen LogP contribution < -0.4 is 10.5 Å². The zero-order valence-electron chi connectivity index (χ0n) is 18.9. The largest absolute Gasteiger partial charge is 0.326 e. The molecule has 0 spiro atoms. The maximum atomic E-state index is 12.8. The second kappa shape index (κ2) is 8.96. The fraction of sp³-hybridized carbons (Fsp3) is 0.280. The standard InChI is InChI=1S/C25H28N4O3S/c1-15(2)20-7-5-4-6-17(20)13-24(30)27-19-10-11-22-21(14-19)25(29-28-22)18-9-8-16(3)23(12-18)33(26,31)32/h4-12,14-16,23H,13H2,1-3H3,(H,27,30)(H,28,29)(H2,26,31,32). The minimum Gasteiger partial charge on any atom is -0.326 e. The van der Waals surface area contributed by atoms with Crippen molar-refractivity contribution in [3.63, 3.8) is 0 Å². The fourth-order valence-electron chi connectivity index (χ4n) is 4.25. The number of nitrogens with zero attached hydrogens (tertiary/aromatic N) is 1. The maximum Gasteiger partial charge on any atom is 0.228 e. The van der Waals surface area contributed by atoms with Crippen molar-refractivity contribution in [3.05, 3.63) is 77.5 Å². The van der Waals surface area contributed by atoms with Crippen LogP contribution in [0.25, 0.3) is 16.5 Å². The topological polar surface area (TPSA) is 118 Å². The van der Waals surface area contributed by atoms with Gasteiger partial charge in [0.1, 0.15) is 5.25 Å². The van der Waals surface area contributed by atoms with Crippen LogP contribution in [0, 0.1) is 5.92 Å². The lowest BCUT2D eigenvalue weighted by Gasteiger charge is -2.20. The van der Waals surface area contributed by atoms with Crippen LogP contribution in [0.4, 0.5) is 5.69 Å². The molecule has 2 atom stereocenters. The molecular weight excluding hydrogens is 436 g/mol. The van der Waals surface area contributed by atoms with E-state index in [1.807, 2.05) is 55.5 Å². The molecule has 1 amide bonds. The SMILES string of the molecule is CC(C)c1ccccc1CC(=O)Nc1ccc2[nH]nc(C3=CC(S(N)(=O)=O)C(C)C=C3)c2c1. The Morgan fingerprint density at radius 3 is 2.70 bits per heavy atom. The summed E-state index contributed by atoms with van der Waals surface area (Å²) in [4.78, 5) is 12.8. The van der Waals surface area contributed by atoms with Crippen molar-refractivity contribution >= 4 is 38.1 Å². The van der Waals surface area contributed by atoms with Gasteiger partial charge in [0.15, 0.2) is 0 Å². The Balaban J connectivity index is 1.60. The quantitative estimate of drug-likeness (QED) is 0.509. The van der Waals surface area contributed by atoms with Crippen LogP contribution in [0.2, 0.25) is 0 Å². The average molecular weight is 465 g/mol. The van der Waals surface area contributed by atoms with Crippen LogP contribution in [0.1, 0.15) is 43.5 Å². The number of nitrogens with one attached hydrogen (secondary N) is 2. The number of sulfonamides is 1. The van der Waals surface area contributed by atoms with Crippen molar-refractivity contribution < 1.29 is 13.2 Å². The molecule has 2 unspecified atom stereocenters. The molecule has 0 saturated heterocycles. The Morgan fingerprint density at radius 2 is 1.97 bits per heavy atom. The number of allylic oxidation sites excluding steroid dienone is 3. The van der Waals surface area contributed by atoms with E-state index in [0.29, 0.717) is 22.9 Å². The van der Waals surface area contributed by atoms with Gasteiger partial charge in [0.05, 0.1) is 17.6 Å². The molecule has 2 aromatic carbocycles. The second-order valence-corrected chi connectivity index (χ2v) is 10.5. The van der Waals surface area contributed by atoms with Crippen LogP contribution in [0.15, 0.2) is 60.7 Å². The third kappa shape index (κ3) is 4.91. The first-order chi connectivity index (χ1) is 15.6. The lowest BCUT2D eigenvalue weighted by Crippen LogP contribution is -2.33. The van der Waals surface area contributed by atoms with Gasteiger partial charge >= 0.3 is 0 Å². The van der Waals surface area contributed by atoms with E-state index in [4.69, 9.17) is 5.14 Å². The monoisotopic (exact) mass is 464 g/mol. The number of amides is 1. The highest BCUT2D eigenvalue weighted by Gasteiger charge is 2.28. The van der Waals surface area contributed by atoms with E-state index in [1.54, 1.807) is 6.08 Å². The third-order valence-corrected chi connectivity index (χ3v) is 7.29. The minimum atomic E-state index is -3.74. The van der Waals surface area contributed by atoms with Crippen LogP contribution in [-0.2, 0) is 21.2 Å². The number of primary sulfonamides is 1. The van der Waals surface area contributed by atoms with Gasteiger partial charge in [-0.25, -0.2) is 13.6 Å². The molecule has 7 nitrogen and oxygen atoms in total. The number of aromatic nitrogens is 2. The molecule has 0 radical (unpaired) electrons. The van der Waals surface area contributed by atoms with E-state index >= 15 is 0 Å². The molecule has 1 heterocycles. The normalized spacial score (nSPS) is 18.5. The number of hydrogen-bond acceptors (Lipinski definition) is 4. The lowest BCUT2D eigenvalue weighted by molar-refractivity contribution is -0.115. The number of carbonyl (C=O) groups is 1. The van der Waals surface area contributed by atoms with Crippen LogP contribution in [0.3, 0.4) is 0 Å². The van der Waals surface area contributed by atoms with Gasteiger partial charge < -0.3 is 5.32 Å². The number of nitrogens with two attached hydrogens (primary N) is 1. The van der Waals surface area contributed by atoms with Gasteiger partial charge in [-0.3, -0.25) is 9.89 Å². The Morgan fingerprint density at radius 1 is 1.21 bits per heavy atom. The average Bonchev–Trinajstić information content (AvgIpc) is 3.16. The van der Waals surface area contributed by atoms with Crippen molar-refractivity contribution in [3.8, 4) is 0 Å². The summed E-state index contributed by atoms with van der Waals surface area (Å²) in [6.07, 6.45) is 5.61. The summed E-state index contributed by atoms with van der Waals surface area (Å²) in [5.41, 5.74) is 4.89. The molecular formula is C25H28N4O3S. The fourth-order valence-corrected chi connectivity index (χ4v) is 5.27. The predicted molar refractivity (Wildman–Crippen MR) is 132 cm³/mol. The number of H-pyrrole nitrogens is 1. The first-order valence-electron chi connectivity index (χ1n) is 10.9. The summed E-state index contributed by atoms with van der Waals surface area (Å²) in [6.45, 7) is 6.04. The van der Waals surface area contributed by atoms with Gasteiger partial charge in [0, 0.05) is 11.1 Å². The number of carbonyl (C=O) groups excluding carboxylic acids is 1. The molecule has 1 aromatic heterocycles. The molecule has 0 bridgehead atoms. The van der Waals surface area contributed by atoms with Gasteiger partial charge in [-0.1, -0.05) is 63.3 Å². The van der Waals surface area contributed by atoms with Gasteiger partial charge in [-0.2, -0.15) is 5.10 Å². The van der Waals surface area contributed by atoms with Crippen LogP contribution in [-0.4, -0.2) is 29.8 Å². The molecule has 1 aliphatic carbocycles. The van der Waals surface area contributed by atoms with E-state index in [2.05, 4.69) is 35.4 Å². The summed E-state index contributed by atoms with van der Waals surface area (Å²) in [5, 5.41) is 15.7. The van der Waals surface area contributed by atoms with Crippen molar-refractivity contribution in [2.45, 2.75) is 38.4 Å². The molecule has 4 N–H and O–H groups in total. The van der Waals surface area contributed by atoms with Crippen molar-refractivity contribution in [2.75, 3.05) is 5.32 Å². The predicted octanol–water partition coefficient (Wildman–Crippen LogP) is 4.11. The van der Waals surface area contributed by atoms with Gasteiger partial charge in [0.25, 0.3) is 0 Å². The zero-order chi connectivity index (χ0) is 23.8. The highest BCUT2D eigenvalue weighted by molar-refractivity contribution is 7.90. The summed E-state index contributed by atoms with van der Waals surface area (Å²) < 4.78 is 24.0. The smallest absolute Gasteiger partial charge is 0.228 e. The number of benzene rings is 2. The number of aromatic amines is 1. The Hall–Kier alpha value is -3.23. The first kappa shape index (κ1) is 22.9. The van der Waals surface area contributed by atoms with Crippen molar-refractivity contribution in [1.29, 1.82) is 0 Å². The molecule has 1 aliphatic rings. The molecule has 3 aromatic rings. The number of fused-ring (bicyclic) bond motifs is 1. The Bertz CT molecular complexity index is 1370. The molecule has 172 valence electrons. The van der Waals surface area contributed by atoms with Crippen molar-refractivity contribution in [2.24, 2.45) is 11.1 Å². The van der Waals surface area contributed by atoms with E-state index < -0.39 is 15.3 Å². The molecule has 8 heteroatoms. The van der Waals surface area contributed by atoms with E-state index in [9.17, 15) is 13.2 Å². The zero-order valence-corrected chi connectivity index (χ0v) is 19.7. The minimum absolute atomic E-state index is 0.104. The summed E-state index contributed by atoms with van der Waals surface area (Å²) in [6, 6.07) is 13.5. The van der Waals surface area contributed by atoms with Gasteiger partial charge in [-0.15, -0.1) is 0 Å². The molecule has 0 saturated carbocycles. The second-order valence-electron chi connectivity index (χ2n) is 8.80. The molecule has 0 fully saturated rings. The lowest BCUT2D eigenvalue weighted by atomic mass is 9.95. The summed E-state index contributed by atoms with van der Waals surface area (Å²) in [5.74, 6) is 0.00412. The third-order valence-electron chi connectivity index (χ3n) is 5.97. The number of anilines is 1. The van der Waals surface area contributed by atoms with E-state index in [0.717, 1.165) is 22.0 Å². The van der Waals surface area contributed by atoms with E-state index in [-0.39, 0.29) is 18.2 Å². The summed E-state index contributed by atoms with van der Waals surface area (Å²) >= 11 is 0. The highest BCUT2D eigenvalue weighted by Crippen LogP contribution is 2.31. The van der Waals surface area contributed by atoms with Gasteiger partial charge in [-0.05, 0) is 46.7 Å². The molecule has 4 rings (SSSR count). The van der Waals surface area contributed by atoms with E-state index in [1.165, 1.54) is 0 Å². The molecule has 33 heavy (non-hydrogen) atoms. The van der Waals surface area contributed by atoms with Crippen LogP contribution >= 0.6 is 0 Å². The Labute approximate surface area is 193 Å². The maximum absolute atomic E-state index is 12.8. The molecule has 0 aliphatic heterocycles. The van der Waals surface area contributed by atoms with Gasteiger partial charge in [0.2, 0.25) is 15.9 Å².